The molecule has 0 saturated heterocycles. The summed E-state index contributed by atoms with van der Waals surface area (Å²) >= 11 is 3.11. The van der Waals surface area contributed by atoms with E-state index in [1.54, 1.807) is 24.3 Å². The minimum Gasteiger partial charge on any atom is -0.462 e. The van der Waals surface area contributed by atoms with Crippen molar-refractivity contribution in [3.05, 3.63) is 52.4 Å². The quantitative estimate of drug-likeness (QED) is 0.589. The third-order valence-corrected chi connectivity index (χ3v) is 3.03. The first-order valence-electron chi connectivity index (χ1n) is 6.70. The van der Waals surface area contributed by atoms with Gasteiger partial charge < -0.3 is 13.9 Å². The van der Waals surface area contributed by atoms with Crippen molar-refractivity contribution in [3.63, 3.8) is 0 Å². The number of carbonyl (C=O) groups excluding carboxylic acids is 2. The molecule has 0 fully saturated rings. The van der Waals surface area contributed by atoms with Crippen molar-refractivity contribution in [1.82, 2.24) is 0 Å². The van der Waals surface area contributed by atoms with E-state index in [0.717, 1.165) is 0 Å². The maximum absolute atomic E-state index is 11.9. The summed E-state index contributed by atoms with van der Waals surface area (Å²) in [4.78, 5) is 23.7. The second-order valence-corrected chi connectivity index (χ2v) is 5.79. The molecule has 2 aromatic rings. The average Bonchev–Trinajstić information content (AvgIpc) is 2.91. The summed E-state index contributed by atoms with van der Waals surface area (Å²) in [7, 11) is 0. The second kappa shape index (κ2) is 7.26. The molecule has 0 aliphatic carbocycles. The van der Waals surface area contributed by atoms with E-state index in [2.05, 4.69) is 15.9 Å². The molecule has 116 valence electrons. The maximum Gasteiger partial charge on any atom is 0.379 e. The molecule has 0 saturated carbocycles. The van der Waals surface area contributed by atoms with Gasteiger partial charge in [-0.3, -0.25) is 0 Å². The lowest BCUT2D eigenvalue weighted by Gasteiger charge is -2.08. The zero-order valence-electron chi connectivity index (χ0n) is 12.2. The molecule has 0 unspecified atom stereocenters. The second-order valence-electron chi connectivity index (χ2n) is 5.01. The topological polar surface area (TPSA) is 65.7 Å². The lowest BCUT2D eigenvalue weighted by molar-refractivity contribution is 0.0457. The summed E-state index contributed by atoms with van der Waals surface area (Å²) < 4.78 is 15.8. The molecule has 1 aromatic heterocycles. The van der Waals surface area contributed by atoms with Gasteiger partial charge in [0.15, 0.2) is 4.67 Å². The van der Waals surface area contributed by atoms with Crippen LogP contribution in [-0.2, 0) is 4.74 Å². The fourth-order valence-electron chi connectivity index (χ4n) is 1.59. The number of hydrogen-bond acceptors (Lipinski definition) is 5. The summed E-state index contributed by atoms with van der Waals surface area (Å²) in [5.41, 5.74) is 0.326. The van der Waals surface area contributed by atoms with Gasteiger partial charge in [-0.05, 0) is 52.2 Å². The smallest absolute Gasteiger partial charge is 0.379 e. The molecule has 0 amide bonds. The van der Waals surface area contributed by atoms with Crippen LogP contribution in [0.25, 0.3) is 0 Å². The van der Waals surface area contributed by atoms with Gasteiger partial charge in [0.25, 0.3) is 0 Å². The largest absolute Gasteiger partial charge is 0.462 e. The molecule has 0 N–H and O–H groups in total. The molecule has 1 aromatic carbocycles. The Bertz CT molecular complexity index is 675. The minimum absolute atomic E-state index is 0.0691. The van der Waals surface area contributed by atoms with E-state index in [1.165, 1.54) is 12.1 Å². The summed E-state index contributed by atoms with van der Waals surface area (Å²) in [5, 5.41) is 0. The van der Waals surface area contributed by atoms with Crippen molar-refractivity contribution in [1.29, 1.82) is 0 Å². The van der Waals surface area contributed by atoms with Crippen LogP contribution in [0.1, 0.15) is 34.8 Å². The highest BCUT2D eigenvalue weighted by Gasteiger charge is 2.15. The van der Waals surface area contributed by atoms with Gasteiger partial charge in [0.05, 0.1) is 12.2 Å². The molecule has 0 bridgehead atoms. The first-order valence-corrected chi connectivity index (χ1v) is 7.49. The molecule has 0 atom stereocenters. The van der Waals surface area contributed by atoms with Gasteiger partial charge in [-0.2, -0.15) is 0 Å². The molecule has 0 spiro atoms. The Balaban J connectivity index is 2.05. The van der Waals surface area contributed by atoms with Gasteiger partial charge in [0.1, 0.15) is 5.75 Å². The summed E-state index contributed by atoms with van der Waals surface area (Å²) in [6.45, 7) is 4.24. The number of halogens is 1. The molecule has 0 radical (unpaired) electrons. The Morgan fingerprint density at radius 2 is 1.95 bits per heavy atom. The predicted octanol–water partition coefficient (Wildman–Crippen LogP) is 4.07. The average molecular weight is 367 g/mol. The molecule has 6 heteroatoms. The molecular weight excluding hydrogens is 352 g/mol. The molecule has 22 heavy (non-hydrogen) atoms. The zero-order chi connectivity index (χ0) is 16.1. The highest BCUT2D eigenvalue weighted by molar-refractivity contribution is 9.10. The molecule has 5 nitrogen and oxygen atoms in total. The Kier molecular flexibility index (Phi) is 5.38. The Hall–Kier alpha value is -2.08. The molecule has 0 aliphatic rings. The van der Waals surface area contributed by atoms with Crippen LogP contribution in [0.5, 0.6) is 5.75 Å². The van der Waals surface area contributed by atoms with Crippen molar-refractivity contribution in [2.24, 2.45) is 5.92 Å². The summed E-state index contributed by atoms with van der Waals surface area (Å²) in [6, 6.07) is 9.34. The van der Waals surface area contributed by atoms with Gasteiger partial charge in [0, 0.05) is 0 Å². The van der Waals surface area contributed by atoms with E-state index >= 15 is 0 Å². The first kappa shape index (κ1) is 16.3. The number of furan rings is 1. The van der Waals surface area contributed by atoms with Crippen molar-refractivity contribution < 1.29 is 23.5 Å². The third-order valence-electron chi connectivity index (χ3n) is 2.60. The molecule has 2 rings (SSSR count). The van der Waals surface area contributed by atoms with Gasteiger partial charge in [-0.15, -0.1) is 0 Å². The van der Waals surface area contributed by atoms with Crippen LogP contribution in [-0.4, -0.2) is 18.5 Å². The van der Waals surface area contributed by atoms with Crippen LogP contribution in [0.2, 0.25) is 0 Å². The molecular formula is C16H15BrO5. The van der Waals surface area contributed by atoms with Crippen LogP contribution < -0.4 is 4.74 Å². The fourth-order valence-corrected chi connectivity index (χ4v) is 1.90. The lowest BCUT2D eigenvalue weighted by Crippen LogP contribution is -2.11. The molecule has 0 aliphatic heterocycles. The number of rotatable bonds is 5. The SMILES string of the molecule is CC(C)COC(=O)c1cccc(OC(=O)c2ccc(Br)o2)c1. The van der Waals surface area contributed by atoms with E-state index < -0.39 is 11.9 Å². The van der Waals surface area contributed by atoms with Crippen molar-refractivity contribution >= 4 is 27.9 Å². The van der Waals surface area contributed by atoms with Crippen LogP contribution in [0.3, 0.4) is 0 Å². The Morgan fingerprint density at radius 3 is 2.59 bits per heavy atom. The number of esters is 2. The van der Waals surface area contributed by atoms with Gasteiger partial charge in [-0.1, -0.05) is 19.9 Å². The minimum atomic E-state index is -0.640. The van der Waals surface area contributed by atoms with Crippen LogP contribution in [0.4, 0.5) is 0 Å². The summed E-state index contributed by atoms with van der Waals surface area (Å²) in [5.74, 6) is -0.524. The Labute approximate surface area is 136 Å². The number of carbonyl (C=O) groups is 2. The normalized spacial score (nSPS) is 10.5. The van der Waals surface area contributed by atoms with E-state index in [9.17, 15) is 9.59 Å². The van der Waals surface area contributed by atoms with E-state index in [4.69, 9.17) is 13.9 Å². The number of hydrogen-bond donors (Lipinski definition) is 0. The predicted molar refractivity (Wildman–Crippen MR) is 82.9 cm³/mol. The number of ether oxygens (including phenoxy) is 2. The number of benzene rings is 1. The van der Waals surface area contributed by atoms with Crippen molar-refractivity contribution in [2.75, 3.05) is 6.61 Å². The zero-order valence-corrected chi connectivity index (χ0v) is 13.8. The van der Waals surface area contributed by atoms with E-state index in [0.29, 0.717) is 16.8 Å². The van der Waals surface area contributed by atoms with Crippen molar-refractivity contribution in [2.45, 2.75) is 13.8 Å². The van der Waals surface area contributed by atoms with Crippen LogP contribution in [0, 0.1) is 5.92 Å². The van der Waals surface area contributed by atoms with Gasteiger partial charge in [-0.25, -0.2) is 9.59 Å². The van der Waals surface area contributed by atoms with E-state index in [1.807, 2.05) is 13.8 Å². The monoisotopic (exact) mass is 366 g/mol. The van der Waals surface area contributed by atoms with Crippen molar-refractivity contribution in [3.8, 4) is 5.75 Å². The van der Waals surface area contributed by atoms with Gasteiger partial charge >= 0.3 is 11.9 Å². The van der Waals surface area contributed by atoms with Crippen LogP contribution >= 0.6 is 15.9 Å². The third kappa shape index (κ3) is 4.46. The highest BCUT2D eigenvalue weighted by Crippen LogP contribution is 2.19. The standard InChI is InChI=1S/C16H15BrO5/c1-10(2)9-20-15(18)11-4-3-5-12(8-11)21-16(19)13-6-7-14(17)22-13/h3-8,10H,9H2,1-2H3. The lowest BCUT2D eigenvalue weighted by atomic mass is 10.2. The van der Waals surface area contributed by atoms with Crippen LogP contribution in [0.15, 0.2) is 45.5 Å². The Morgan fingerprint density at radius 1 is 1.18 bits per heavy atom. The van der Waals surface area contributed by atoms with Gasteiger partial charge in [0.2, 0.25) is 5.76 Å². The first-order chi connectivity index (χ1) is 10.5. The summed E-state index contributed by atoms with van der Waals surface area (Å²) in [6.07, 6.45) is 0. The molecule has 1 heterocycles. The van der Waals surface area contributed by atoms with E-state index in [-0.39, 0.29) is 17.4 Å². The highest BCUT2D eigenvalue weighted by atomic mass is 79.9. The fraction of sp³-hybridized carbons (Fsp3) is 0.250. The maximum atomic E-state index is 11.9.